The van der Waals surface area contributed by atoms with Crippen LogP contribution in [0.15, 0.2) is 127 Å². The number of halogens is 1. The summed E-state index contributed by atoms with van der Waals surface area (Å²) in [4.78, 5) is 25.9. The Kier molecular flexibility index (Phi) is 8.58. The third-order valence-electron chi connectivity index (χ3n) is 8.03. The van der Waals surface area contributed by atoms with Crippen molar-refractivity contribution in [3.05, 3.63) is 144 Å². The van der Waals surface area contributed by atoms with E-state index in [1.165, 1.54) is 0 Å². The Morgan fingerprint density at radius 3 is 1.40 bits per heavy atom. The molecule has 0 spiro atoms. The molecule has 0 unspecified atom stereocenters. The first-order valence-corrected chi connectivity index (χ1v) is 15.7. The van der Waals surface area contributed by atoms with Crippen molar-refractivity contribution < 1.29 is 28.5 Å². The van der Waals surface area contributed by atoms with Gasteiger partial charge in [-0.1, -0.05) is 109 Å². The van der Waals surface area contributed by atoms with Crippen LogP contribution in [-0.2, 0) is 9.47 Å². The van der Waals surface area contributed by atoms with Crippen molar-refractivity contribution in [1.29, 1.82) is 0 Å². The first-order chi connectivity index (χ1) is 23.1. The molecule has 0 aliphatic carbocycles. The highest BCUT2D eigenvalue weighted by molar-refractivity contribution is 6.31. The van der Waals surface area contributed by atoms with Crippen LogP contribution in [0.3, 0.4) is 0 Å². The number of ether oxygens (including phenoxy) is 4. The Labute approximate surface area is 276 Å². The highest BCUT2D eigenvalue weighted by atomic mass is 35.5. The average Bonchev–Trinajstić information content (AvgIpc) is 3.11. The third kappa shape index (κ3) is 6.16. The summed E-state index contributed by atoms with van der Waals surface area (Å²) in [5.41, 5.74) is 1.02. The van der Waals surface area contributed by atoms with Gasteiger partial charge in [0.2, 0.25) is 0 Å². The number of rotatable bonds is 10. The molecule has 0 aromatic heterocycles. The van der Waals surface area contributed by atoms with Crippen LogP contribution < -0.4 is 9.47 Å². The molecule has 0 atom stereocenters. The van der Waals surface area contributed by atoms with E-state index in [2.05, 4.69) is 0 Å². The Balaban J connectivity index is 1.08. The molecular weight excluding hydrogens is 612 g/mol. The van der Waals surface area contributed by atoms with Crippen molar-refractivity contribution in [1.82, 2.24) is 0 Å². The fourth-order valence-corrected chi connectivity index (χ4v) is 6.07. The number of hydrogen-bond acceptors (Lipinski definition) is 6. The first-order valence-electron chi connectivity index (χ1n) is 15.3. The maximum absolute atomic E-state index is 12.9. The molecule has 0 aliphatic rings. The summed E-state index contributed by atoms with van der Waals surface area (Å²) in [6.45, 7) is 0.388. The Bertz CT molecular complexity index is 2270. The monoisotopic (exact) mass is 640 g/mol. The van der Waals surface area contributed by atoms with E-state index in [4.69, 9.17) is 30.5 Å². The van der Waals surface area contributed by atoms with Gasteiger partial charge in [0, 0.05) is 26.6 Å². The van der Waals surface area contributed by atoms with Crippen molar-refractivity contribution >= 4 is 66.6 Å². The van der Waals surface area contributed by atoms with Gasteiger partial charge < -0.3 is 18.9 Å². The van der Waals surface area contributed by atoms with Crippen LogP contribution in [0.1, 0.15) is 20.7 Å². The van der Waals surface area contributed by atoms with Gasteiger partial charge >= 0.3 is 11.9 Å². The van der Waals surface area contributed by atoms with Gasteiger partial charge in [0.25, 0.3) is 0 Å². The number of carbonyl (C=O) groups excluding carboxylic acids is 2. The summed E-state index contributed by atoms with van der Waals surface area (Å²) in [5, 5.41) is 7.33. The topological polar surface area (TPSA) is 71.1 Å². The summed E-state index contributed by atoms with van der Waals surface area (Å²) in [7, 11) is 0. The smallest absolute Gasteiger partial charge is 0.338 e. The predicted octanol–water partition coefficient (Wildman–Crippen LogP) is 9.42. The summed E-state index contributed by atoms with van der Waals surface area (Å²) < 4.78 is 23.8. The van der Waals surface area contributed by atoms with Crippen LogP contribution >= 0.6 is 11.6 Å². The molecule has 7 aromatic rings. The van der Waals surface area contributed by atoms with Crippen molar-refractivity contribution in [3.8, 4) is 11.5 Å². The van der Waals surface area contributed by atoms with E-state index >= 15 is 0 Å². The van der Waals surface area contributed by atoms with E-state index < -0.39 is 11.9 Å². The lowest BCUT2D eigenvalue weighted by Gasteiger charge is -2.18. The maximum atomic E-state index is 12.9. The van der Waals surface area contributed by atoms with Gasteiger partial charge in [-0.25, -0.2) is 9.59 Å². The highest BCUT2D eigenvalue weighted by Crippen LogP contribution is 2.43. The largest absolute Gasteiger partial charge is 0.489 e. The molecule has 7 rings (SSSR count). The van der Waals surface area contributed by atoms with E-state index in [1.54, 1.807) is 18.2 Å². The Morgan fingerprint density at radius 1 is 0.447 bits per heavy atom. The third-order valence-corrected chi connectivity index (χ3v) is 8.27. The first kappa shape index (κ1) is 30.1. The van der Waals surface area contributed by atoms with E-state index in [1.807, 2.05) is 109 Å². The maximum Gasteiger partial charge on any atom is 0.338 e. The predicted molar refractivity (Wildman–Crippen MR) is 186 cm³/mol. The minimum Gasteiger partial charge on any atom is -0.489 e. The molecule has 7 heteroatoms. The van der Waals surface area contributed by atoms with E-state index in [0.29, 0.717) is 27.6 Å². The van der Waals surface area contributed by atoms with Gasteiger partial charge in [0.05, 0.1) is 11.1 Å². The van der Waals surface area contributed by atoms with Gasteiger partial charge in [-0.15, -0.1) is 0 Å². The van der Waals surface area contributed by atoms with Crippen molar-refractivity contribution in [2.24, 2.45) is 0 Å². The fourth-order valence-electron chi connectivity index (χ4n) is 5.90. The number of carbonyl (C=O) groups is 2. The lowest BCUT2D eigenvalue weighted by molar-refractivity contribution is 0.0445. The molecule has 47 heavy (non-hydrogen) atoms. The van der Waals surface area contributed by atoms with Crippen LogP contribution in [0.5, 0.6) is 11.5 Å². The van der Waals surface area contributed by atoms with Crippen LogP contribution in [0.25, 0.3) is 43.1 Å². The zero-order valence-corrected chi connectivity index (χ0v) is 26.0. The number of esters is 2. The van der Waals surface area contributed by atoms with Gasteiger partial charge in [-0.2, -0.15) is 0 Å². The lowest BCUT2D eigenvalue weighted by Crippen LogP contribution is -2.14. The molecule has 0 heterocycles. The second-order valence-electron chi connectivity index (χ2n) is 10.9. The zero-order chi connectivity index (χ0) is 32.2. The van der Waals surface area contributed by atoms with Gasteiger partial charge in [-0.05, 0) is 51.9 Å². The van der Waals surface area contributed by atoms with Crippen molar-refractivity contribution in [2.75, 3.05) is 26.4 Å². The molecule has 0 fully saturated rings. The van der Waals surface area contributed by atoms with Crippen molar-refractivity contribution in [3.63, 3.8) is 0 Å². The fraction of sp³-hybridized carbons (Fsp3) is 0.100. The number of hydrogen-bond donors (Lipinski definition) is 0. The molecule has 0 bridgehead atoms. The van der Waals surface area contributed by atoms with Crippen molar-refractivity contribution in [2.45, 2.75) is 0 Å². The van der Waals surface area contributed by atoms with Gasteiger partial charge in [0.15, 0.2) is 0 Å². The highest BCUT2D eigenvalue weighted by Gasteiger charge is 2.18. The average molecular weight is 641 g/mol. The molecule has 6 nitrogen and oxygen atoms in total. The molecular formula is C40H29ClO6. The minimum absolute atomic E-state index is 0.0543. The molecule has 0 amide bonds. The standard InChI is InChI=1S/C40H29ClO6/c41-28-19-20-33-36(25-28)38(45-22-24-47-40(43)35-18-8-12-27-10-2-4-14-30(27)35)32-16-6-5-15-31(32)37(33)44-21-23-46-39(42)34-17-7-11-26-9-1-3-13-29(26)34/h1-20,25H,21-24H2. The summed E-state index contributed by atoms with van der Waals surface area (Å²) in [6.07, 6.45) is 0. The molecule has 0 saturated carbocycles. The van der Waals surface area contributed by atoms with Crippen LogP contribution in [-0.4, -0.2) is 38.4 Å². The normalized spacial score (nSPS) is 11.2. The van der Waals surface area contributed by atoms with Gasteiger partial charge in [-0.3, -0.25) is 0 Å². The Morgan fingerprint density at radius 2 is 0.872 bits per heavy atom. The number of fused-ring (bicyclic) bond motifs is 4. The summed E-state index contributed by atoms with van der Waals surface area (Å²) >= 11 is 6.45. The zero-order valence-electron chi connectivity index (χ0n) is 25.3. The second kappa shape index (κ2) is 13.4. The molecule has 0 radical (unpaired) electrons. The molecule has 0 saturated heterocycles. The molecule has 232 valence electrons. The van der Waals surface area contributed by atoms with Gasteiger partial charge in [0.1, 0.15) is 37.9 Å². The SMILES string of the molecule is O=C(OCCOc1c2ccccc2c(OCCOC(=O)c2cccc3ccccc23)c2cc(Cl)ccc12)c1cccc2ccccc12. The van der Waals surface area contributed by atoms with E-state index in [-0.39, 0.29) is 26.4 Å². The minimum atomic E-state index is -0.409. The Hall–Kier alpha value is -5.59. The molecule has 0 aliphatic heterocycles. The quantitative estimate of drug-likeness (QED) is 0.0843. The van der Waals surface area contributed by atoms with Crippen LogP contribution in [0.2, 0.25) is 5.02 Å². The molecule has 0 N–H and O–H groups in total. The van der Waals surface area contributed by atoms with Crippen LogP contribution in [0.4, 0.5) is 0 Å². The van der Waals surface area contributed by atoms with Crippen LogP contribution in [0, 0.1) is 0 Å². The number of benzene rings is 7. The summed E-state index contributed by atoms with van der Waals surface area (Å²) in [5.74, 6) is 0.419. The summed E-state index contributed by atoms with van der Waals surface area (Å²) in [6, 6.07) is 39.8. The second-order valence-corrected chi connectivity index (χ2v) is 11.4. The van der Waals surface area contributed by atoms with E-state index in [0.717, 1.165) is 43.1 Å². The lowest BCUT2D eigenvalue weighted by atomic mass is 10.0. The molecule has 7 aromatic carbocycles. The van der Waals surface area contributed by atoms with E-state index in [9.17, 15) is 9.59 Å².